The molecule has 0 aromatic heterocycles. The smallest absolute Gasteiger partial charge is 0.133 e. The lowest BCUT2D eigenvalue weighted by Gasteiger charge is -2.16. The Morgan fingerprint density at radius 3 is 2.75 bits per heavy atom. The van der Waals surface area contributed by atoms with Crippen LogP contribution in [-0.2, 0) is 12.8 Å². The van der Waals surface area contributed by atoms with E-state index in [0.717, 1.165) is 23.1 Å². The molecule has 2 nitrogen and oxygen atoms in total. The van der Waals surface area contributed by atoms with Gasteiger partial charge in [0.1, 0.15) is 5.75 Å². The van der Waals surface area contributed by atoms with Crippen LogP contribution in [0.15, 0.2) is 46.9 Å². The maximum Gasteiger partial charge on any atom is 0.133 e. The molecule has 0 aliphatic heterocycles. The van der Waals surface area contributed by atoms with E-state index in [-0.39, 0.29) is 6.04 Å². The highest BCUT2D eigenvalue weighted by molar-refractivity contribution is 9.10. The van der Waals surface area contributed by atoms with E-state index in [4.69, 9.17) is 10.5 Å². The summed E-state index contributed by atoms with van der Waals surface area (Å²) in [5.74, 6) is 1.35. The van der Waals surface area contributed by atoms with Crippen LogP contribution in [0.5, 0.6) is 5.75 Å². The minimum absolute atomic E-state index is 0.145. The number of ether oxygens (including phenoxy) is 1. The van der Waals surface area contributed by atoms with Crippen molar-refractivity contribution in [2.45, 2.75) is 18.9 Å². The highest BCUT2D eigenvalue weighted by Crippen LogP contribution is 2.37. The Morgan fingerprint density at radius 1 is 1.25 bits per heavy atom. The first kappa shape index (κ1) is 13.7. The molecule has 20 heavy (non-hydrogen) atoms. The zero-order valence-corrected chi connectivity index (χ0v) is 13.1. The van der Waals surface area contributed by atoms with Gasteiger partial charge in [-0.05, 0) is 63.5 Å². The van der Waals surface area contributed by atoms with Gasteiger partial charge in [-0.15, -0.1) is 0 Å². The van der Waals surface area contributed by atoms with Crippen LogP contribution in [0.25, 0.3) is 0 Å². The van der Waals surface area contributed by atoms with E-state index in [0.29, 0.717) is 5.92 Å². The zero-order chi connectivity index (χ0) is 14.1. The van der Waals surface area contributed by atoms with E-state index in [1.807, 2.05) is 6.07 Å². The van der Waals surface area contributed by atoms with Gasteiger partial charge in [-0.2, -0.15) is 0 Å². The van der Waals surface area contributed by atoms with E-state index in [1.165, 1.54) is 16.7 Å². The van der Waals surface area contributed by atoms with Crippen LogP contribution in [0.1, 0.15) is 22.7 Å². The van der Waals surface area contributed by atoms with Crippen LogP contribution >= 0.6 is 15.9 Å². The van der Waals surface area contributed by atoms with Crippen molar-refractivity contribution >= 4 is 15.9 Å². The van der Waals surface area contributed by atoms with Crippen molar-refractivity contribution in [2.75, 3.05) is 7.11 Å². The summed E-state index contributed by atoms with van der Waals surface area (Å²) in [5, 5.41) is 0. The fourth-order valence-electron chi connectivity index (χ4n) is 3.05. The predicted molar refractivity (Wildman–Crippen MR) is 85.0 cm³/mol. The van der Waals surface area contributed by atoms with Crippen molar-refractivity contribution in [1.82, 2.24) is 0 Å². The number of halogens is 1. The van der Waals surface area contributed by atoms with E-state index < -0.39 is 0 Å². The Balaban J connectivity index is 1.78. The fraction of sp³-hybridized carbons (Fsp3) is 0.294. The molecule has 2 N–H and O–H groups in total. The summed E-state index contributed by atoms with van der Waals surface area (Å²) in [6.45, 7) is 0. The molecule has 2 atom stereocenters. The molecule has 0 bridgehead atoms. The van der Waals surface area contributed by atoms with Crippen molar-refractivity contribution in [1.29, 1.82) is 0 Å². The molecule has 0 saturated heterocycles. The zero-order valence-electron chi connectivity index (χ0n) is 11.5. The normalized spacial score (nSPS) is 20.8. The van der Waals surface area contributed by atoms with Crippen molar-refractivity contribution in [3.05, 3.63) is 63.6 Å². The molecule has 1 aliphatic rings. The Morgan fingerprint density at radius 2 is 2.05 bits per heavy atom. The Kier molecular flexibility index (Phi) is 3.81. The van der Waals surface area contributed by atoms with Gasteiger partial charge in [0.25, 0.3) is 0 Å². The van der Waals surface area contributed by atoms with E-state index in [2.05, 4.69) is 52.3 Å². The first-order chi connectivity index (χ1) is 9.69. The maximum atomic E-state index is 6.40. The lowest BCUT2D eigenvalue weighted by molar-refractivity contribution is 0.411. The summed E-state index contributed by atoms with van der Waals surface area (Å²) >= 11 is 3.54. The average Bonchev–Trinajstić information content (AvgIpc) is 2.76. The summed E-state index contributed by atoms with van der Waals surface area (Å²) in [5.41, 5.74) is 10.4. The summed E-state index contributed by atoms with van der Waals surface area (Å²) in [6, 6.07) is 14.9. The fourth-order valence-corrected chi connectivity index (χ4v) is 3.64. The van der Waals surface area contributed by atoms with Gasteiger partial charge in [-0.3, -0.25) is 0 Å². The first-order valence-corrected chi connectivity index (χ1v) is 7.64. The van der Waals surface area contributed by atoms with Crippen LogP contribution < -0.4 is 10.5 Å². The van der Waals surface area contributed by atoms with Crippen LogP contribution in [0.4, 0.5) is 0 Å². The number of fused-ring (bicyclic) bond motifs is 1. The summed E-state index contributed by atoms with van der Waals surface area (Å²) < 4.78 is 6.27. The highest BCUT2D eigenvalue weighted by atomic mass is 79.9. The number of methoxy groups -OCH3 is 1. The Bertz CT molecular complexity index is 626. The third-order valence-electron chi connectivity index (χ3n) is 4.12. The van der Waals surface area contributed by atoms with Gasteiger partial charge in [0.15, 0.2) is 0 Å². The molecule has 3 heteroatoms. The number of nitrogens with two attached hydrogens (primary N) is 1. The molecule has 3 rings (SSSR count). The second-order valence-electron chi connectivity index (χ2n) is 5.36. The molecular formula is C17H18BrNO. The third kappa shape index (κ3) is 2.48. The molecule has 2 unspecified atom stereocenters. The minimum atomic E-state index is 0.145. The molecule has 0 spiro atoms. The number of benzene rings is 2. The first-order valence-electron chi connectivity index (χ1n) is 6.85. The number of hydrogen-bond donors (Lipinski definition) is 1. The molecule has 0 amide bonds. The lowest BCUT2D eigenvalue weighted by atomic mass is 9.93. The standard InChI is InChI=1S/C17H18BrNO/c1-20-16-7-6-11(9-15(16)18)8-13-10-12-4-2-3-5-14(12)17(13)19/h2-7,9,13,17H,8,10,19H2,1H3. The summed E-state index contributed by atoms with van der Waals surface area (Å²) in [6.07, 6.45) is 2.07. The van der Waals surface area contributed by atoms with Crippen LogP contribution in [0.3, 0.4) is 0 Å². The minimum Gasteiger partial charge on any atom is -0.496 e. The third-order valence-corrected chi connectivity index (χ3v) is 4.74. The molecule has 0 heterocycles. The number of hydrogen-bond acceptors (Lipinski definition) is 2. The SMILES string of the molecule is COc1ccc(CC2Cc3ccccc3C2N)cc1Br. The van der Waals surface area contributed by atoms with Gasteiger partial charge in [-0.25, -0.2) is 0 Å². The van der Waals surface area contributed by atoms with Gasteiger partial charge < -0.3 is 10.5 Å². The molecule has 0 saturated carbocycles. The van der Waals surface area contributed by atoms with E-state index in [9.17, 15) is 0 Å². The van der Waals surface area contributed by atoms with Crippen molar-refractivity contribution in [3.63, 3.8) is 0 Å². The van der Waals surface area contributed by atoms with E-state index in [1.54, 1.807) is 7.11 Å². The Hall–Kier alpha value is -1.32. The van der Waals surface area contributed by atoms with Crippen LogP contribution in [0, 0.1) is 5.92 Å². The quantitative estimate of drug-likeness (QED) is 0.926. The van der Waals surface area contributed by atoms with Crippen molar-refractivity contribution in [2.24, 2.45) is 11.7 Å². The second kappa shape index (κ2) is 5.58. The highest BCUT2D eigenvalue weighted by Gasteiger charge is 2.29. The van der Waals surface area contributed by atoms with Gasteiger partial charge in [0.2, 0.25) is 0 Å². The van der Waals surface area contributed by atoms with Gasteiger partial charge in [0, 0.05) is 6.04 Å². The topological polar surface area (TPSA) is 35.2 Å². The molecule has 2 aromatic rings. The van der Waals surface area contributed by atoms with E-state index >= 15 is 0 Å². The maximum absolute atomic E-state index is 6.40. The molecule has 0 radical (unpaired) electrons. The molecule has 2 aromatic carbocycles. The molecule has 0 fully saturated rings. The lowest BCUT2D eigenvalue weighted by Crippen LogP contribution is -2.18. The van der Waals surface area contributed by atoms with Crippen LogP contribution in [0.2, 0.25) is 0 Å². The molecule has 104 valence electrons. The molecule has 1 aliphatic carbocycles. The average molecular weight is 332 g/mol. The molecular weight excluding hydrogens is 314 g/mol. The number of rotatable bonds is 3. The van der Waals surface area contributed by atoms with Crippen LogP contribution in [-0.4, -0.2) is 7.11 Å². The van der Waals surface area contributed by atoms with Gasteiger partial charge in [-0.1, -0.05) is 30.3 Å². The Labute approximate surface area is 128 Å². The summed E-state index contributed by atoms with van der Waals surface area (Å²) in [7, 11) is 1.68. The summed E-state index contributed by atoms with van der Waals surface area (Å²) in [4.78, 5) is 0. The monoisotopic (exact) mass is 331 g/mol. The van der Waals surface area contributed by atoms with Crippen molar-refractivity contribution in [3.8, 4) is 5.75 Å². The largest absolute Gasteiger partial charge is 0.496 e. The predicted octanol–water partition coefficient (Wildman–Crippen LogP) is 3.87. The van der Waals surface area contributed by atoms with Crippen molar-refractivity contribution < 1.29 is 4.74 Å². The van der Waals surface area contributed by atoms with Gasteiger partial charge >= 0.3 is 0 Å². The van der Waals surface area contributed by atoms with Gasteiger partial charge in [0.05, 0.1) is 11.6 Å². The second-order valence-corrected chi connectivity index (χ2v) is 6.22.